The minimum atomic E-state index is -0.363. The predicted octanol–water partition coefficient (Wildman–Crippen LogP) is 23.6. The molecule has 31 heteroatoms. The number of aliphatic hydroxyl groups excluding tert-OH is 3. The number of aryl methyl sites for hydroxylation is 3. The van der Waals surface area contributed by atoms with Crippen molar-refractivity contribution in [2.75, 3.05) is 117 Å². The van der Waals surface area contributed by atoms with Gasteiger partial charge in [-0.2, -0.15) is 0 Å². The summed E-state index contributed by atoms with van der Waals surface area (Å²) in [6, 6.07) is 51.8. The second kappa shape index (κ2) is 73.5. The molecule has 14 rings (SSSR count). The second-order valence-corrected chi connectivity index (χ2v) is 33.0. The third kappa shape index (κ3) is 44.7. The van der Waals surface area contributed by atoms with Crippen LogP contribution >= 0.6 is 22.6 Å². The van der Waals surface area contributed by atoms with E-state index in [0.29, 0.717) is 127 Å². The van der Waals surface area contributed by atoms with Gasteiger partial charge in [0.05, 0.1) is 61.3 Å². The largest absolute Gasteiger partial charge is 0.508 e. The number of alkyl halides is 1. The van der Waals surface area contributed by atoms with Crippen molar-refractivity contribution in [2.45, 2.75) is 165 Å². The number of hydrogen-bond acceptors (Lipinski definition) is 30. The highest BCUT2D eigenvalue weighted by molar-refractivity contribution is 14.1. The molecular formula is C111H159IO30. The molecule has 0 saturated carbocycles. The fourth-order valence-electron chi connectivity index (χ4n) is 12.3. The molecule has 9 N–H and O–H groups in total. The molecule has 9 aromatic carbocycles. The van der Waals surface area contributed by atoms with Gasteiger partial charge in [0.1, 0.15) is 103 Å². The predicted molar refractivity (Wildman–Crippen MR) is 576 cm³/mol. The van der Waals surface area contributed by atoms with E-state index in [1.807, 2.05) is 50.2 Å². The van der Waals surface area contributed by atoms with Crippen LogP contribution in [0, 0.1) is 44.4 Å². The number of benzene rings is 9. The Kier molecular flexibility index (Phi) is 70.3. The lowest BCUT2D eigenvalue weighted by atomic mass is 9.98. The van der Waals surface area contributed by atoms with E-state index in [1.54, 1.807) is 209 Å². The number of aldehydes is 1. The number of hydrogen-bond donors (Lipinski definition) is 9. The van der Waals surface area contributed by atoms with Crippen molar-refractivity contribution < 1.29 is 130 Å². The molecule has 0 bridgehead atoms. The molecule has 0 aliphatic carbocycles. The van der Waals surface area contributed by atoms with Crippen molar-refractivity contribution in [1.82, 2.24) is 0 Å². The van der Waals surface area contributed by atoms with E-state index in [9.17, 15) is 44.7 Å². The summed E-state index contributed by atoms with van der Waals surface area (Å²) in [7, 11) is 10.8. The summed E-state index contributed by atoms with van der Waals surface area (Å²) in [4.78, 5) is 44.0. The highest BCUT2D eigenvalue weighted by Gasteiger charge is 2.22. The van der Waals surface area contributed by atoms with Crippen molar-refractivity contribution in [2.24, 2.45) is 23.7 Å². The van der Waals surface area contributed by atoms with Gasteiger partial charge in [-0.3, -0.25) is 4.79 Å². The number of methoxy groups -OCH3 is 7. The van der Waals surface area contributed by atoms with Crippen molar-refractivity contribution in [3.05, 3.63) is 269 Å². The molecule has 790 valence electrons. The van der Waals surface area contributed by atoms with Crippen molar-refractivity contribution >= 4 is 67.9 Å². The summed E-state index contributed by atoms with van der Waals surface area (Å²) in [5.41, 5.74) is 7.15. The molecule has 12 aromatic rings. The highest BCUT2D eigenvalue weighted by atomic mass is 127. The van der Waals surface area contributed by atoms with Gasteiger partial charge in [-0.15, -0.1) is 0 Å². The lowest BCUT2D eigenvalue weighted by Crippen LogP contribution is -2.19. The van der Waals surface area contributed by atoms with Crippen LogP contribution in [0.1, 0.15) is 169 Å². The summed E-state index contributed by atoms with van der Waals surface area (Å²) < 4.78 is 88.2. The first-order chi connectivity index (χ1) is 64.3. The van der Waals surface area contributed by atoms with Gasteiger partial charge >= 0.3 is 16.9 Å². The molecule has 0 spiro atoms. The number of phenolic OH excluding ortho intramolecular Hbond substituents is 6. The van der Waals surface area contributed by atoms with E-state index in [1.165, 1.54) is 26.7 Å². The Bertz CT molecular complexity index is 5700. The van der Waals surface area contributed by atoms with Crippen LogP contribution in [0.25, 0.3) is 39.0 Å². The topological polar surface area (TPSA) is 419 Å². The SMILES string of the molecule is C.C.C.C.C.C.C.C.CC1COc2cccc(O)c2C1.CCC(C)I.COCOc1cccc(O)c1/C=C(/C)CO.COCOc1cccc(O)c1CC(C)CO.COCOc1cccc(O)c1CC(C)CO.COCOc1cccc2c1CC(C)CO2.COCOc1cccc2oc(=O)c(C)cc12.COc1cccc(O)c1C=O.COc1cccc2oc(=O)c(C)cc12.Cc1cc2c(O)cccc2oc1=O. The van der Waals surface area contributed by atoms with Crippen molar-refractivity contribution in [1.29, 1.82) is 0 Å². The zero-order chi connectivity index (χ0) is 98.8. The van der Waals surface area contributed by atoms with Crippen LogP contribution in [0.15, 0.2) is 215 Å². The lowest BCUT2D eigenvalue weighted by molar-refractivity contribution is 0.0494. The van der Waals surface area contributed by atoms with E-state index >= 15 is 0 Å². The monoisotopic (exact) mass is 2100 g/mol. The van der Waals surface area contributed by atoms with E-state index < -0.39 is 0 Å². The second-order valence-electron chi connectivity index (χ2n) is 30.9. The summed E-state index contributed by atoms with van der Waals surface area (Å²) >= 11 is 2.41. The molecule has 2 aliphatic rings. The van der Waals surface area contributed by atoms with Crippen LogP contribution in [0.5, 0.6) is 86.2 Å². The van der Waals surface area contributed by atoms with Crippen molar-refractivity contribution in [3.8, 4) is 86.2 Å². The molecule has 3 aromatic heterocycles. The standard InChI is InChI=1S/C12H12O4.2C12H18O4.C12H16O4.C12H16O3.C11H10O3.C10H8O3.C10H12O2.C8H8O3.C4H9I.8CH4/c1-8-6-9-10(15-7-14-2)4-3-5-11(9)16-12(8)13;3*1-9(7-13)6-10-11(14)4-3-5-12(10)16-8-15-2;1-9-6-10-11(14-7-9)4-3-5-12(10)15-8-13-2;1-7-6-8-9(13-2)4-3-5-10(8)14-11(7)12;1-6-5-7-8(11)3-2-4-9(7)13-10(6)12;1-7-5-8-9(11)3-2-4-10(8)12-6-7;1-11-8-4-2-3-7(10)6(8)5-9;1-3-4(2)5;;;;;;;;/h3-6H,7H2,1-2H3;2*3-5,9,13-14H,6-8H2,1-2H3;3-6,13-14H,7-8H2,1-2H3;3-5,9H,6-8H2,1-2H3;3-6H,1-2H3;2-5,11H,1H3;2-4,7,11H,5-6H2,1H3;2-5,10H,1H3;4H,3H2,1-2H3;8*1H4/b;;;9-6-;;;;;;;;;;;;;;. The number of halogens is 1. The summed E-state index contributed by atoms with van der Waals surface area (Å²) in [5.74, 6) is 8.27. The fourth-order valence-corrected chi connectivity index (χ4v) is 12.3. The first kappa shape index (κ1) is 136. The molecule has 30 nitrogen and oxygen atoms in total. The molecule has 142 heavy (non-hydrogen) atoms. The Morgan fingerprint density at radius 3 is 1.12 bits per heavy atom. The minimum absolute atomic E-state index is 0. The molecular weight excluding hydrogens is 1940 g/mol. The van der Waals surface area contributed by atoms with Crippen LogP contribution < -0.4 is 59.5 Å². The first-order valence-electron chi connectivity index (χ1n) is 42.8. The Hall–Kier alpha value is -12.6. The van der Waals surface area contributed by atoms with Gasteiger partial charge in [0.25, 0.3) is 0 Å². The number of phenols is 6. The van der Waals surface area contributed by atoms with Crippen molar-refractivity contribution in [3.63, 3.8) is 0 Å². The zero-order valence-corrected chi connectivity index (χ0v) is 81.1. The van der Waals surface area contributed by atoms with Crippen LogP contribution in [-0.4, -0.2) is 173 Å². The average Bonchev–Trinajstić information content (AvgIpc) is 0.804. The van der Waals surface area contributed by atoms with E-state index in [-0.39, 0.29) is 176 Å². The number of fused-ring (bicyclic) bond motifs is 5. The summed E-state index contributed by atoms with van der Waals surface area (Å²) in [5, 5.41) is 86.3. The van der Waals surface area contributed by atoms with E-state index in [0.717, 1.165) is 74.7 Å². The number of carbonyl (C=O) groups is 1. The molecule has 0 amide bonds. The Morgan fingerprint density at radius 1 is 0.401 bits per heavy atom. The van der Waals surface area contributed by atoms with Gasteiger partial charge in [-0.05, 0) is 223 Å². The number of ether oxygens (including phenoxy) is 14. The number of carbonyl (C=O) groups excluding carboxylic acids is 1. The third-order valence-corrected chi connectivity index (χ3v) is 20.4. The Morgan fingerprint density at radius 2 is 0.711 bits per heavy atom. The normalized spacial score (nSPS) is 12.4. The molecule has 5 unspecified atom stereocenters. The van der Waals surface area contributed by atoms with E-state index in [2.05, 4.69) is 50.3 Å². The Labute approximate surface area is 853 Å². The maximum Gasteiger partial charge on any atom is 0.339 e. The van der Waals surface area contributed by atoms with Crippen LogP contribution in [0.2, 0.25) is 0 Å². The first-order valence-corrected chi connectivity index (χ1v) is 44.1. The van der Waals surface area contributed by atoms with Gasteiger partial charge in [-0.25, -0.2) is 14.4 Å². The van der Waals surface area contributed by atoms with Crippen LogP contribution in [0.4, 0.5) is 0 Å². The molecule has 0 radical (unpaired) electrons. The number of aromatic hydroxyl groups is 6. The quantitative estimate of drug-likeness (QED) is 0.00759. The van der Waals surface area contributed by atoms with Gasteiger partial charge < -0.3 is 126 Å². The molecule has 5 atom stereocenters. The van der Waals surface area contributed by atoms with E-state index in [4.69, 9.17) is 100.0 Å². The summed E-state index contributed by atoms with van der Waals surface area (Å²) in [6.07, 6.45) is 6.61. The minimum Gasteiger partial charge on any atom is -0.508 e. The summed E-state index contributed by atoms with van der Waals surface area (Å²) in [6.45, 7) is 21.9. The van der Waals surface area contributed by atoms with Crippen LogP contribution in [0.3, 0.4) is 0 Å². The fraction of sp³-hybridized carbons (Fsp3) is 0.405. The third-order valence-electron chi connectivity index (χ3n) is 19.6. The van der Waals surface area contributed by atoms with Crippen LogP contribution in [-0.2, 0) is 49.4 Å². The maximum absolute atomic E-state index is 11.3. The van der Waals surface area contributed by atoms with Gasteiger partial charge in [-0.1, -0.05) is 178 Å². The Balaban J connectivity index is -0.000000746. The molecule has 0 saturated heterocycles. The van der Waals surface area contributed by atoms with Gasteiger partial charge in [0, 0.05) is 91.6 Å². The average molecular weight is 2100 g/mol. The number of aliphatic hydroxyl groups is 3. The maximum atomic E-state index is 11.3. The molecule has 5 heterocycles. The van der Waals surface area contributed by atoms with Gasteiger partial charge in [0.15, 0.2) is 40.3 Å². The highest BCUT2D eigenvalue weighted by Crippen LogP contribution is 2.38. The zero-order valence-electron chi connectivity index (χ0n) is 78.9. The lowest BCUT2D eigenvalue weighted by Gasteiger charge is -2.24. The molecule has 0 fully saturated rings. The van der Waals surface area contributed by atoms with Gasteiger partial charge in [0.2, 0.25) is 0 Å². The number of rotatable bonds is 27. The molecule has 2 aliphatic heterocycles. The smallest absolute Gasteiger partial charge is 0.339 e.